The molecule has 0 aliphatic heterocycles. The number of fused-ring (bicyclic) bond motifs is 1. The lowest BCUT2D eigenvalue weighted by Crippen LogP contribution is -2.14. The van der Waals surface area contributed by atoms with Crippen LogP contribution in [0.2, 0.25) is 0 Å². The number of H-pyrrole nitrogens is 1. The fourth-order valence-corrected chi connectivity index (χ4v) is 2.55. The Bertz CT molecular complexity index is 737. The topological polar surface area (TPSA) is 67.6 Å². The lowest BCUT2D eigenvalue weighted by atomic mass is 10.0. The molecule has 0 fully saturated rings. The summed E-state index contributed by atoms with van der Waals surface area (Å²) in [6.07, 6.45) is 4.53. The van der Waals surface area contributed by atoms with E-state index in [0.717, 1.165) is 34.4 Å². The lowest BCUT2D eigenvalue weighted by Gasteiger charge is -2.10. The van der Waals surface area contributed by atoms with E-state index in [1.807, 2.05) is 18.2 Å². The Morgan fingerprint density at radius 1 is 1.09 bits per heavy atom. The highest BCUT2D eigenvalue weighted by Crippen LogP contribution is 2.25. The van der Waals surface area contributed by atoms with Crippen molar-refractivity contribution in [3.63, 3.8) is 0 Å². The number of nitrogens with two attached hydrogens (primary N) is 1. The molecule has 0 aliphatic carbocycles. The molecule has 3 aromatic rings. The molecule has 0 aliphatic rings. The van der Waals surface area contributed by atoms with Crippen LogP contribution in [0.4, 0.5) is 0 Å². The molecule has 0 saturated heterocycles. The summed E-state index contributed by atoms with van der Waals surface area (Å²) < 4.78 is 0. The van der Waals surface area contributed by atoms with Crippen LogP contribution >= 0.6 is 12.4 Å². The monoisotopic (exact) mass is 316 g/mol. The molecular weight excluding hydrogens is 296 g/mol. The van der Waals surface area contributed by atoms with Crippen molar-refractivity contribution in [2.24, 2.45) is 11.7 Å². The van der Waals surface area contributed by atoms with Gasteiger partial charge in [-0.15, -0.1) is 12.4 Å². The smallest absolute Gasteiger partial charge is 0.124 e. The summed E-state index contributed by atoms with van der Waals surface area (Å²) in [5.74, 6) is 1.42. The second-order valence-corrected chi connectivity index (χ2v) is 5.83. The molecule has 3 rings (SSSR count). The standard InChI is InChI=1S/C17H20N4.ClH/c1-11(2)9-14(18)17-20-15-4-3-13(10-16(15)21-17)12-5-7-19-8-6-12;/h3-8,10-11,14H,9,18H2,1-2H3,(H,20,21);1H/t14-;/m1./s1. The fourth-order valence-electron chi connectivity index (χ4n) is 2.55. The maximum Gasteiger partial charge on any atom is 0.124 e. The van der Waals surface area contributed by atoms with Crippen molar-refractivity contribution in [1.82, 2.24) is 15.0 Å². The van der Waals surface area contributed by atoms with Gasteiger partial charge in [-0.2, -0.15) is 0 Å². The maximum absolute atomic E-state index is 6.21. The minimum atomic E-state index is -0.0400. The third-order valence-electron chi connectivity index (χ3n) is 3.59. The van der Waals surface area contributed by atoms with E-state index in [4.69, 9.17) is 5.73 Å². The van der Waals surface area contributed by atoms with Gasteiger partial charge in [-0.25, -0.2) is 4.98 Å². The summed E-state index contributed by atoms with van der Waals surface area (Å²) in [4.78, 5) is 12.0. The first-order valence-electron chi connectivity index (χ1n) is 7.29. The van der Waals surface area contributed by atoms with E-state index in [9.17, 15) is 0 Å². The number of hydrogen-bond donors (Lipinski definition) is 2. The van der Waals surface area contributed by atoms with Crippen molar-refractivity contribution >= 4 is 23.4 Å². The first-order valence-corrected chi connectivity index (χ1v) is 7.29. The summed E-state index contributed by atoms with van der Waals surface area (Å²) in [7, 11) is 0. The maximum atomic E-state index is 6.21. The van der Waals surface area contributed by atoms with Gasteiger partial charge in [-0.3, -0.25) is 4.98 Å². The van der Waals surface area contributed by atoms with Gasteiger partial charge in [0.25, 0.3) is 0 Å². The molecule has 5 heteroatoms. The molecule has 0 spiro atoms. The largest absolute Gasteiger partial charge is 0.341 e. The van der Waals surface area contributed by atoms with Gasteiger partial charge in [-0.1, -0.05) is 19.9 Å². The van der Waals surface area contributed by atoms with Gasteiger partial charge in [0.1, 0.15) is 5.82 Å². The summed E-state index contributed by atoms with van der Waals surface area (Å²) in [6.45, 7) is 4.34. The SMILES string of the molecule is CC(C)C[C@@H](N)c1nc2ccc(-c3ccncc3)cc2[nH]1.Cl. The van der Waals surface area contributed by atoms with Crippen molar-refractivity contribution in [2.75, 3.05) is 0 Å². The lowest BCUT2D eigenvalue weighted by molar-refractivity contribution is 0.496. The van der Waals surface area contributed by atoms with Crippen molar-refractivity contribution in [3.8, 4) is 11.1 Å². The Kier molecular flexibility index (Phi) is 5.16. The quantitative estimate of drug-likeness (QED) is 0.761. The van der Waals surface area contributed by atoms with E-state index in [-0.39, 0.29) is 18.4 Å². The number of rotatable bonds is 4. The Hall–Kier alpha value is -1.91. The predicted molar refractivity (Wildman–Crippen MR) is 93.0 cm³/mol. The first-order chi connectivity index (χ1) is 10.1. The second kappa shape index (κ2) is 6.90. The molecule has 1 aromatic carbocycles. The number of imidazole rings is 1. The van der Waals surface area contributed by atoms with Gasteiger partial charge in [0.05, 0.1) is 17.1 Å². The molecule has 0 unspecified atom stereocenters. The fraction of sp³-hybridized carbons (Fsp3) is 0.294. The molecule has 0 bridgehead atoms. The van der Waals surface area contributed by atoms with Crippen LogP contribution in [0, 0.1) is 5.92 Å². The zero-order valence-electron chi connectivity index (χ0n) is 12.8. The van der Waals surface area contributed by atoms with Gasteiger partial charge in [0.2, 0.25) is 0 Å². The Morgan fingerprint density at radius 2 is 1.82 bits per heavy atom. The first kappa shape index (κ1) is 16.5. The van der Waals surface area contributed by atoms with E-state index in [1.54, 1.807) is 12.4 Å². The second-order valence-electron chi connectivity index (χ2n) is 5.83. The molecule has 3 N–H and O–H groups in total. The van der Waals surface area contributed by atoms with E-state index in [2.05, 4.69) is 40.9 Å². The highest BCUT2D eigenvalue weighted by atomic mass is 35.5. The Balaban J connectivity index is 0.00000176. The Labute approximate surface area is 136 Å². The van der Waals surface area contributed by atoms with Crippen molar-refractivity contribution in [1.29, 1.82) is 0 Å². The van der Waals surface area contributed by atoms with Gasteiger partial charge in [0, 0.05) is 12.4 Å². The molecule has 2 heterocycles. The average Bonchev–Trinajstić information content (AvgIpc) is 2.90. The highest BCUT2D eigenvalue weighted by Gasteiger charge is 2.13. The third-order valence-corrected chi connectivity index (χ3v) is 3.59. The number of halogens is 1. The van der Waals surface area contributed by atoms with Crippen molar-refractivity contribution in [2.45, 2.75) is 26.3 Å². The van der Waals surface area contributed by atoms with Crippen LogP contribution < -0.4 is 5.73 Å². The van der Waals surface area contributed by atoms with Crippen LogP contribution in [-0.2, 0) is 0 Å². The van der Waals surface area contributed by atoms with E-state index < -0.39 is 0 Å². The number of nitrogens with zero attached hydrogens (tertiary/aromatic N) is 2. The zero-order valence-corrected chi connectivity index (χ0v) is 13.6. The molecule has 116 valence electrons. The predicted octanol–water partition coefficient (Wildman–Crippen LogP) is 4.09. The minimum Gasteiger partial charge on any atom is -0.341 e. The van der Waals surface area contributed by atoms with Crippen LogP contribution in [0.1, 0.15) is 32.1 Å². The van der Waals surface area contributed by atoms with Gasteiger partial charge in [-0.05, 0) is 47.7 Å². The number of nitrogens with one attached hydrogen (secondary N) is 1. The molecule has 0 radical (unpaired) electrons. The van der Waals surface area contributed by atoms with Gasteiger partial charge >= 0.3 is 0 Å². The normalized spacial score (nSPS) is 12.4. The zero-order chi connectivity index (χ0) is 14.8. The summed E-state index contributed by atoms with van der Waals surface area (Å²) in [5, 5.41) is 0. The van der Waals surface area contributed by atoms with Crippen LogP contribution in [0.15, 0.2) is 42.7 Å². The van der Waals surface area contributed by atoms with E-state index in [0.29, 0.717) is 5.92 Å². The van der Waals surface area contributed by atoms with Crippen LogP contribution in [0.25, 0.3) is 22.2 Å². The van der Waals surface area contributed by atoms with Crippen LogP contribution in [-0.4, -0.2) is 15.0 Å². The Morgan fingerprint density at radius 3 is 2.50 bits per heavy atom. The molecule has 4 nitrogen and oxygen atoms in total. The minimum absolute atomic E-state index is 0. The van der Waals surface area contributed by atoms with E-state index in [1.165, 1.54) is 0 Å². The molecule has 0 amide bonds. The summed E-state index contributed by atoms with van der Waals surface area (Å²) in [5.41, 5.74) is 10.5. The molecule has 1 atom stereocenters. The van der Waals surface area contributed by atoms with Crippen LogP contribution in [0.3, 0.4) is 0 Å². The summed E-state index contributed by atoms with van der Waals surface area (Å²) >= 11 is 0. The van der Waals surface area contributed by atoms with Gasteiger partial charge in [0.15, 0.2) is 0 Å². The molecule has 0 saturated carbocycles. The van der Waals surface area contributed by atoms with Gasteiger partial charge < -0.3 is 10.7 Å². The highest BCUT2D eigenvalue weighted by molar-refractivity contribution is 5.85. The third kappa shape index (κ3) is 3.46. The number of hydrogen-bond acceptors (Lipinski definition) is 3. The van der Waals surface area contributed by atoms with Crippen molar-refractivity contribution in [3.05, 3.63) is 48.5 Å². The number of benzene rings is 1. The summed E-state index contributed by atoms with van der Waals surface area (Å²) in [6, 6.07) is 10.2. The molecule has 22 heavy (non-hydrogen) atoms. The van der Waals surface area contributed by atoms with Crippen LogP contribution in [0.5, 0.6) is 0 Å². The average molecular weight is 317 g/mol. The number of aromatic amines is 1. The van der Waals surface area contributed by atoms with E-state index >= 15 is 0 Å². The molecule has 2 aromatic heterocycles. The van der Waals surface area contributed by atoms with Crippen molar-refractivity contribution < 1.29 is 0 Å². The number of pyridine rings is 1. The molecular formula is C17H21ClN4. The number of aromatic nitrogens is 3.